The van der Waals surface area contributed by atoms with Crippen LogP contribution in [0.2, 0.25) is 0 Å². The maximum absolute atomic E-state index is 4.53. The summed E-state index contributed by atoms with van der Waals surface area (Å²) >= 11 is 0. The monoisotopic (exact) mass is 338 g/mol. The van der Waals surface area contributed by atoms with Gasteiger partial charge in [0.2, 0.25) is 0 Å². The molecular weight excluding hydrogens is 312 g/mol. The molecule has 2 aliphatic heterocycles. The van der Waals surface area contributed by atoms with Crippen LogP contribution in [0.4, 0.5) is 5.82 Å². The van der Waals surface area contributed by atoms with Crippen molar-refractivity contribution in [3.8, 4) is 0 Å². The Labute approximate surface area is 149 Å². The average Bonchev–Trinajstić information content (AvgIpc) is 3.13. The van der Waals surface area contributed by atoms with E-state index in [4.69, 9.17) is 0 Å². The highest BCUT2D eigenvalue weighted by molar-refractivity contribution is 5.42. The standard InChI is InChI=1S/C19H26N6/c1-19(2,3)17-7-18(21-13-20-17)25-10-14-8-24(9-15(14)11-25)12-16-5-4-6-22-23-16/h4-7,13-15H,8-12H2,1-3H3. The lowest BCUT2D eigenvalue weighted by molar-refractivity contribution is 0.304. The van der Waals surface area contributed by atoms with Gasteiger partial charge in [-0.1, -0.05) is 20.8 Å². The van der Waals surface area contributed by atoms with Crippen LogP contribution < -0.4 is 4.90 Å². The molecule has 2 fully saturated rings. The number of hydrogen-bond donors (Lipinski definition) is 0. The van der Waals surface area contributed by atoms with Gasteiger partial charge >= 0.3 is 0 Å². The molecule has 0 amide bonds. The van der Waals surface area contributed by atoms with E-state index in [-0.39, 0.29) is 5.41 Å². The fourth-order valence-electron chi connectivity index (χ4n) is 3.98. The molecule has 2 aliphatic rings. The van der Waals surface area contributed by atoms with E-state index < -0.39 is 0 Å². The van der Waals surface area contributed by atoms with Crippen LogP contribution in [0.1, 0.15) is 32.2 Å². The van der Waals surface area contributed by atoms with E-state index in [1.807, 2.05) is 6.07 Å². The molecule has 0 saturated carbocycles. The second-order valence-corrected chi connectivity index (χ2v) is 8.35. The van der Waals surface area contributed by atoms with E-state index >= 15 is 0 Å². The topological polar surface area (TPSA) is 58.0 Å². The molecule has 6 heteroatoms. The van der Waals surface area contributed by atoms with E-state index in [0.717, 1.165) is 49.9 Å². The van der Waals surface area contributed by atoms with Gasteiger partial charge < -0.3 is 4.90 Å². The quantitative estimate of drug-likeness (QED) is 0.854. The van der Waals surface area contributed by atoms with Crippen LogP contribution in [0.15, 0.2) is 30.7 Å². The summed E-state index contributed by atoms with van der Waals surface area (Å²) in [6, 6.07) is 6.18. The van der Waals surface area contributed by atoms with Crippen molar-refractivity contribution in [2.75, 3.05) is 31.1 Å². The highest BCUT2D eigenvalue weighted by Gasteiger charge is 2.40. The van der Waals surface area contributed by atoms with Crippen LogP contribution in [0, 0.1) is 11.8 Å². The summed E-state index contributed by atoms with van der Waals surface area (Å²) < 4.78 is 0. The van der Waals surface area contributed by atoms with E-state index in [0.29, 0.717) is 11.8 Å². The normalized spacial score (nSPS) is 23.9. The van der Waals surface area contributed by atoms with Gasteiger partial charge in [-0.3, -0.25) is 4.90 Å². The number of aromatic nitrogens is 4. The lowest BCUT2D eigenvalue weighted by Crippen LogP contribution is -2.29. The molecule has 4 rings (SSSR count). The molecule has 0 spiro atoms. The van der Waals surface area contributed by atoms with Gasteiger partial charge in [0.15, 0.2) is 0 Å². The van der Waals surface area contributed by atoms with Gasteiger partial charge in [0.1, 0.15) is 12.1 Å². The van der Waals surface area contributed by atoms with Crippen LogP contribution in [0.3, 0.4) is 0 Å². The number of rotatable bonds is 3. The Morgan fingerprint density at radius 3 is 2.48 bits per heavy atom. The lowest BCUT2D eigenvalue weighted by atomic mass is 9.92. The van der Waals surface area contributed by atoms with Crippen molar-refractivity contribution < 1.29 is 0 Å². The second-order valence-electron chi connectivity index (χ2n) is 8.35. The molecule has 4 heterocycles. The number of hydrogen-bond acceptors (Lipinski definition) is 6. The van der Waals surface area contributed by atoms with Crippen LogP contribution >= 0.6 is 0 Å². The van der Waals surface area contributed by atoms with E-state index in [9.17, 15) is 0 Å². The zero-order valence-corrected chi connectivity index (χ0v) is 15.3. The van der Waals surface area contributed by atoms with E-state index in [2.05, 4.69) is 62.9 Å². The summed E-state index contributed by atoms with van der Waals surface area (Å²) in [6.07, 6.45) is 3.44. The Morgan fingerprint density at radius 1 is 1.08 bits per heavy atom. The number of likely N-dealkylation sites (tertiary alicyclic amines) is 1. The van der Waals surface area contributed by atoms with Crippen LogP contribution in [-0.4, -0.2) is 51.2 Å². The summed E-state index contributed by atoms with van der Waals surface area (Å²) in [5.74, 6) is 2.50. The molecule has 0 bridgehead atoms. The van der Waals surface area contributed by atoms with Gasteiger partial charge in [-0.15, -0.1) is 0 Å². The Balaban J connectivity index is 1.40. The molecule has 0 aromatic carbocycles. The third-order valence-electron chi connectivity index (χ3n) is 5.32. The lowest BCUT2D eigenvalue weighted by Gasteiger charge is -2.24. The molecule has 0 radical (unpaired) electrons. The molecule has 2 aromatic heterocycles. The maximum Gasteiger partial charge on any atom is 0.132 e. The van der Waals surface area contributed by atoms with E-state index in [1.165, 1.54) is 0 Å². The minimum Gasteiger partial charge on any atom is -0.356 e. The van der Waals surface area contributed by atoms with Crippen molar-refractivity contribution in [3.63, 3.8) is 0 Å². The van der Waals surface area contributed by atoms with E-state index in [1.54, 1.807) is 12.5 Å². The molecule has 2 atom stereocenters. The average molecular weight is 338 g/mol. The van der Waals surface area contributed by atoms with Crippen molar-refractivity contribution in [3.05, 3.63) is 42.1 Å². The van der Waals surface area contributed by atoms with Gasteiger partial charge in [0.25, 0.3) is 0 Å². The Morgan fingerprint density at radius 2 is 1.84 bits per heavy atom. The van der Waals surface area contributed by atoms with Gasteiger partial charge in [-0.05, 0) is 24.0 Å². The fraction of sp³-hybridized carbons (Fsp3) is 0.579. The largest absolute Gasteiger partial charge is 0.356 e. The molecule has 2 unspecified atom stereocenters. The molecule has 0 N–H and O–H groups in total. The maximum atomic E-state index is 4.53. The molecular formula is C19H26N6. The summed E-state index contributed by atoms with van der Waals surface area (Å²) in [6.45, 7) is 11.9. The molecule has 6 nitrogen and oxygen atoms in total. The smallest absolute Gasteiger partial charge is 0.132 e. The molecule has 0 aliphatic carbocycles. The van der Waals surface area contributed by atoms with Crippen LogP contribution in [0.25, 0.3) is 0 Å². The number of fused-ring (bicyclic) bond motifs is 1. The summed E-state index contributed by atoms with van der Waals surface area (Å²) in [4.78, 5) is 13.9. The summed E-state index contributed by atoms with van der Waals surface area (Å²) in [7, 11) is 0. The Bertz CT molecular complexity index is 712. The highest BCUT2D eigenvalue weighted by atomic mass is 15.3. The van der Waals surface area contributed by atoms with Crippen molar-refractivity contribution in [1.82, 2.24) is 25.1 Å². The molecule has 132 valence electrons. The fourth-order valence-corrected chi connectivity index (χ4v) is 3.98. The third kappa shape index (κ3) is 3.49. The first-order valence-corrected chi connectivity index (χ1v) is 9.05. The van der Waals surface area contributed by atoms with Crippen molar-refractivity contribution in [1.29, 1.82) is 0 Å². The first kappa shape index (κ1) is 16.4. The minimum atomic E-state index is 0.0564. The minimum absolute atomic E-state index is 0.0564. The van der Waals surface area contributed by atoms with Gasteiger partial charge in [0.05, 0.1) is 11.4 Å². The highest BCUT2D eigenvalue weighted by Crippen LogP contribution is 2.34. The predicted octanol–water partition coefficient (Wildman–Crippen LogP) is 2.13. The predicted molar refractivity (Wildman–Crippen MR) is 97.2 cm³/mol. The van der Waals surface area contributed by atoms with Gasteiger partial charge in [-0.25, -0.2) is 9.97 Å². The van der Waals surface area contributed by atoms with Crippen molar-refractivity contribution in [2.24, 2.45) is 11.8 Å². The zero-order chi connectivity index (χ0) is 17.4. The molecule has 2 aromatic rings. The second kappa shape index (κ2) is 6.33. The number of nitrogens with zero attached hydrogens (tertiary/aromatic N) is 6. The SMILES string of the molecule is CC(C)(C)c1cc(N2CC3CN(Cc4cccnn4)CC3C2)ncn1. The summed E-state index contributed by atoms with van der Waals surface area (Å²) in [5, 5.41) is 8.19. The molecule has 25 heavy (non-hydrogen) atoms. The van der Waals surface area contributed by atoms with Crippen molar-refractivity contribution in [2.45, 2.75) is 32.7 Å². The molecule has 2 saturated heterocycles. The van der Waals surface area contributed by atoms with Crippen LogP contribution in [0.5, 0.6) is 0 Å². The first-order valence-electron chi connectivity index (χ1n) is 9.05. The third-order valence-corrected chi connectivity index (χ3v) is 5.32. The Kier molecular flexibility index (Phi) is 4.15. The summed E-state index contributed by atoms with van der Waals surface area (Å²) in [5.41, 5.74) is 2.23. The Hall–Kier alpha value is -2.08. The number of anilines is 1. The van der Waals surface area contributed by atoms with Gasteiger partial charge in [0, 0.05) is 50.4 Å². The van der Waals surface area contributed by atoms with Crippen molar-refractivity contribution >= 4 is 5.82 Å². The van der Waals surface area contributed by atoms with Crippen LogP contribution in [-0.2, 0) is 12.0 Å². The first-order chi connectivity index (χ1) is 12.0. The van der Waals surface area contributed by atoms with Gasteiger partial charge in [-0.2, -0.15) is 10.2 Å². The zero-order valence-electron chi connectivity index (χ0n) is 15.3.